The normalized spacial score (nSPS) is 11.4. The van der Waals surface area contributed by atoms with Crippen LogP contribution in [-0.4, -0.2) is 9.55 Å². The minimum Gasteiger partial charge on any atom is -0.456 e. The molecule has 2 heterocycles. The number of hydrogen-bond acceptors (Lipinski definition) is 2. The summed E-state index contributed by atoms with van der Waals surface area (Å²) in [5, 5.41) is 2.25. The Balaban J connectivity index is 1.74. The summed E-state index contributed by atoms with van der Waals surface area (Å²) in [4.78, 5) is 4.61. The van der Waals surface area contributed by atoms with Crippen LogP contribution in [0.4, 0.5) is 0 Å². The van der Waals surface area contributed by atoms with Crippen molar-refractivity contribution in [3.63, 3.8) is 0 Å². The number of nitrogens with zero attached hydrogens (tertiary/aromatic N) is 2. The summed E-state index contributed by atoms with van der Waals surface area (Å²) in [5.41, 5.74) is 5.26. The molecule has 25 heavy (non-hydrogen) atoms. The fourth-order valence-electron chi connectivity index (χ4n) is 3.41. The van der Waals surface area contributed by atoms with Crippen LogP contribution in [0.2, 0.25) is 0 Å². The number of rotatable bonds is 2. The molecule has 0 fully saturated rings. The Hall–Kier alpha value is -3.33. The molecule has 0 aliphatic heterocycles. The molecule has 2 aromatic heterocycles. The van der Waals surface area contributed by atoms with Crippen LogP contribution in [0, 0.1) is 6.92 Å². The van der Waals surface area contributed by atoms with Crippen molar-refractivity contribution in [3.8, 4) is 17.1 Å². The number of aromatic nitrogens is 2. The Labute approximate surface area is 145 Å². The van der Waals surface area contributed by atoms with E-state index in [0.717, 1.165) is 39.0 Å². The Morgan fingerprint density at radius 3 is 2.56 bits per heavy atom. The number of para-hydroxylation sites is 2. The number of fused-ring (bicyclic) bond motifs is 3. The van der Waals surface area contributed by atoms with Gasteiger partial charge in [0, 0.05) is 34.4 Å². The summed E-state index contributed by atoms with van der Waals surface area (Å²) in [7, 11) is 0. The molecule has 0 saturated heterocycles. The molecule has 0 aliphatic rings. The first-order valence-corrected chi connectivity index (χ1v) is 8.32. The summed E-state index contributed by atoms with van der Waals surface area (Å²) < 4.78 is 8.07. The van der Waals surface area contributed by atoms with Crippen LogP contribution >= 0.6 is 0 Å². The molecule has 0 bridgehead atoms. The largest absolute Gasteiger partial charge is 0.456 e. The molecule has 3 heteroatoms. The van der Waals surface area contributed by atoms with E-state index < -0.39 is 0 Å². The average molecular weight is 324 g/mol. The van der Waals surface area contributed by atoms with Crippen molar-refractivity contribution in [3.05, 3.63) is 84.7 Å². The van der Waals surface area contributed by atoms with E-state index in [4.69, 9.17) is 4.42 Å². The minimum absolute atomic E-state index is 0.902. The van der Waals surface area contributed by atoms with E-state index in [0.29, 0.717) is 0 Å². The highest BCUT2D eigenvalue weighted by Gasteiger charge is 2.12. The molecule has 5 rings (SSSR count). The molecule has 0 radical (unpaired) electrons. The highest BCUT2D eigenvalue weighted by atomic mass is 16.3. The zero-order valence-electron chi connectivity index (χ0n) is 13.8. The van der Waals surface area contributed by atoms with Gasteiger partial charge in [0.05, 0.1) is 0 Å². The summed E-state index contributed by atoms with van der Waals surface area (Å²) in [5.74, 6) is 0.932. The van der Waals surface area contributed by atoms with Crippen LogP contribution in [0.15, 0.2) is 83.5 Å². The molecule has 0 spiro atoms. The topological polar surface area (TPSA) is 31.0 Å². The first-order chi connectivity index (χ1) is 12.3. The molecular formula is C22H16N2O. The maximum atomic E-state index is 5.93. The van der Waals surface area contributed by atoms with Crippen LogP contribution in [0.1, 0.15) is 5.56 Å². The van der Waals surface area contributed by atoms with Crippen molar-refractivity contribution in [1.29, 1.82) is 0 Å². The standard InChI is InChI=1S/C22H16N2O/c1-15-6-2-4-8-19(15)24-13-12-23-22(24)16-10-11-21-18(14-16)17-7-3-5-9-20(17)25-21/h2-14H,1H3. The van der Waals surface area contributed by atoms with E-state index in [1.807, 2.05) is 36.7 Å². The lowest BCUT2D eigenvalue weighted by Gasteiger charge is -2.10. The molecule has 120 valence electrons. The van der Waals surface area contributed by atoms with Gasteiger partial charge in [0.25, 0.3) is 0 Å². The second kappa shape index (κ2) is 5.35. The van der Waals surface area contributed by atoms with Gasteiger partial charge in [0.1, 0.15) is 17.0 Å². The zero-order valence-corrected chi connectivity index (χ0v) is 13.8. The van der Waals surface area contributed by atoms with E-state index in [1.54, 1.807) is 0 Å². The fraction of sp³-hybridized carbons (Fsp3) is 0.0455. The van der Waals surface area contributed by atoms with Crippen LogP contribution in [-0.2, 0) is 0 Å². The maximum absolute atomic E-state index is 5.93. The summed E-state index contributed by atoms with van der Waals surface area (Å²) >= 11 is 0. The first kappa shape index (κ1) is 14.1. The molecule has 0 unspecified atom stereocenters. The third-order valence-electron chi connectivity index (χ3n) is 4.65. The summed E-state index contributed by atoms with van der Waals surface area (Å²) in [6.45, 7) is 2.12. The van der Waals surface area contributed by atoms with E-state index in [2.05, 4.69) is 58.9 Å². The third-order valence-corrected chi connectivity index (χ3v) is 4.65. The predicted octanol–water partition coefficient (Wildman–Crippen LogP) is 5.75. The van der Waals surface area contributed by atoms with Crippen molar-refractivity contribution in [2.24, 2.45) is 0 Å². The number of hydrogen-bond donors (Lipinski definition) is 0. The van der Waals surface area contributed by atoms with Crippen molar-refractivity contribution >= 4 is 21.9 Å². The van der Waals surface area contributed by atoms with Gasteiger partial charge in [-0.3, -0.25) is 4.57 Å². The second-order valence-corrected chi connectivity index (χ2v) is 6.22. The van der Waals surface area contributed by atoms with Gasteiger partial charge < -0.3 is 4.42 Å². The summed E-state index contributed by atoms with van der Waals surface area (Å²) in [6, 6.07) is 22.7. The number of aryl methyl sites for hydroxylation is 1. The molecule has 0 amide bonds. The second-order valence-electron chi connectivity index (χ2n) is 6.22. The monoisotopic (exact) mass is 324 g/mol. The molecule has 3 nitrogen and oxygen atoms in total. The summed E-state index contributed by atoms with van der Waals surface area (Å²) in [6.07, 6.45) is 3.86. The van der Waals surface area contributed by atoms with E-state index >= 15 is 0 Å². The number of furan rings is 1. The van der Waals surface area contributed by atoms with Crippen LogP contribution in [0.25, 0.3) is 39.0 Å². The van der Waals surface area contributed by atoms with Gasteiger partial charge in [0.15, 0.2) is 0 Å². The smallest absolute Gasteiger partial charge is 0.144 e. The lowest BCUT2D eigenvalue weighted by Crippen LogP contribution is -1.98. The third kappa shape index (κ3) is 2.17. The van der Waals surface area contributed by atoms with Gasteiger partial charge >= 0.3 is 0 Å². The lowest BCUT2D eigenvalue weighted by atomic mass is 10.1. The Bertz CT molecular complexity index is 1210. The van der Waals surface area contributed by atoms with E-state index in [9.17, 15) is 0 Å². The fourth-order valence-corrected chi connectivity index (χ4v) is 3.41. The van der Waals surface area contributed by atoms with Gasteiger partial charge in [-0.1, -0.05) is 36.4 Å². The van der Waals surface area contributed by atoms with Crippen molar-refractivity contribution in [1.82, 2.24) is 9.55 Å². The molecule has 0 saturated carbocycles. The van der Waals surface area contributed by atoms with Crippen LogP contribution < -0.4 is 0 Å². The van der Waals surface area contributed by atoms with E-state index in [-0.39, 0.29) is 0 Å². The number of benzene rings is 3. The zero-order chi connectivity index (χ0) is 16.8. The van der Waals surface area contributed by atoms with Crippen molar-refractivity contribution in [2.75, 3.05) is 0 Å². The van der Waals surface area contributed by atoms with E-state index in [1.165, 1.54) is 5.56 Å². The highest BCUT2D eigenvalue weighted by molar-refractivity contribution is 6.06. The Kier molecular flexibility index (Phi) is 3.01. The Morgan fingerprint density at radius 1 is 0.840 bits per heavy atom. The SMILES string of the molecule is Cc1ccccc1-n1ccnc1-c1ccc2oc3ccccc3c2c1. The molecule has 0 atom stereocenters. The maximum Gasteiger partial charge on any atom is 0.144 e. The lowest BCUT2D eigenvalue weighted by molar-refractivity contribution is 0.669. The van der Waals surface area contributed by atoms with Crippen molar-refractivity contribution < 1.29 is 4.42 Å². The van der Waals surface area contributed by atoms with Gasteiger partial charge in [-0.05, 0) is 42.8 Å². The molecular weight excluding hydrogens is 308 g/mol. The van der Waals surface area contributed by atoms with Gasteiger partial charge in [-0.15, -0.1) is 0 Å². The molecule has 0 N–H and O–H groups in total. The van der Waals surface area contributed by atoms with Gasteiger partial charge in [-0.25, -0.2) is 4.98 Å². The minimum atomic E-state index is 0.902. The Morgan fingerprint density at radius 2 is 1.64 bits per heavy atom. The van der Waals surface area contributed by atoms with Crippen LogP contribution in [0.5, 0.6) is 0 Å². The molecule has 5 aromatic rings. The average Bonchev–Trinajstić information content (AvgIpc) is 3.26. The van der Waals surface area contributed by atoms with Crippen molar-refractivity contribution in [2.45, 2.75) is 6.92 Å². The van der Waals surface area contributed by atoms with Crippen LogP contribution in [0.3, 0.4) is 0 Å². The predicted molar refractivity (Wildman–Crippen MR) is 101 cm³/mol. The quantitative estimate of drug-likeness (QED) is 0.414. The van der Waals surface area contributed by atoms with Gasteiger partial charge in [-0.2, -0.15) is 0 Å². The number of imidazole rings is 1. The first-order valence-electron chi connectivity index (χ1n) is 8.32. The molecule has 0 aliphatic carbocycles. The molecule has 3 aromatic carbocycles. The van der Waals surface area contributed by atoms with Gasteiger partial charge in [0.2, 0.25) is 0 Å². The highest BCUT2D eigenvalue weighted by Crippen LogP contribution is 2.32.